The molecular formula is C24H25ClN2O2. The van der Waals surface area contributed by atoms with Crippen LogP contribution in [0.1, 0.15) is 35.1 Å². The van der Waals surface area contributed by atoms with Crippen LogP contribution in [0.3, 0.4) is 0 Å². The lowest BCUT2D eigenvalue weighted by molar-refractivity contribution is -0.137. The third kappa shape index (κ3) is 3.82. The molecule has 2 heterocycles. The number of hydrogen-bond acceptors (Lipinski definition) is 3. The molecule has 2 aromatic carbocycles. The normalized spacial score (nSPS) is 17.1. The van der Waals surface area contributed by atoms with Gasteiger partial charge in [0.05, 0.1) is 5.57 Å². The van der Waals surface area contributed by atoms with Gasteiger partial charge in [0.2, 0.25) is 0 Å². The number of nitrogens with zero attached hydrogens (tertiary/aromatic N) is 2. The van der Waals surface area contributed by atoms with Crippen LogP contribution < -0.4 is 0 Å². The summed E-state index contributed by atoms with van der Waals surface area (Å²) in [6, 6.07) is 13.6. The van der Waals surface area contributed by atoms with Crippen molar-refractivity contribution in [1.29, 1.82) is 0 Å². The fraction of sp³-hybridized carbons (Fsp3) is 0.333. The Morgan fingerprint density at radius 2 is 1.62 bits per heavy atom. The van der Waals surface area contributed by atoms with Gasteiger partial charge in [-0.3, -0.25) is 14.5 Å². The van der Waals surface area contributed by atoms with Crippen LogP contribution in [-0.4, -0.2) is 41.2 Å². The second-order valence-corrected chi connectivity index (χ2v) is 8.31. The van der Waals surface area contributed by atoms with Crippen LogP contribution in [0.15, 0.2) is 48.2 Å². The van der Waals surface area contributed by atoms with Gasteiger partial charge in [-0.1, -0.05) is 47.5 Å². The quantitative estimate of drug-likeness (QED) is 0.689. The summed E-state index contributed by atoms with van der Waals surface area (Å²) in [5, 5.41) is 0.678. The Hall–Kier alpha value is -2.59. The number of carbonyl (C=O) groups is 2. The van der Waals surface area contributed by atoms with Crippen molar-refractivity contribution < 1.29 is 9.59 Å². The molecule has 2 amide bonds. The van der Waals surface area contributed by atoms with Crippen molar-refractivity contribution in [2.45, 2.75) is 33.1 Å². The summed E-state index contributed by atoms with van der Waals surface area (Å²) in [6.07, 6.45) is 2.72. The van der Waals surface area contributed by atoms with Crippen molar-refractivity contribution in [3.8, 4) is 0 Å². The van der Waals surface area contributed by atoms with Crippen molar-refractivity contribution >= 4 is 29.0 Å². The minimum Gasteiger partial charge on any atom is -0.366 e. The van der Waals surface area contributed by atoms with Gasteiger partial charge in [0.25, 0.3) is 11.8 Å². The summed E-state index contributed by atoms with van der Waals surface area (Å²) in [6.45, 7) is 6.06. The Kier molecular flexibility index (Phi) is 5.46. The van der Waals surface area contributed by atoms with E-state index in [4.69, 9.17) is 11.6 Å². The largest absolute Gasteiger partial charge is 0.366 e. The van der Waals surface area contributed by atoms with E-state index in [1.54, 1.807) is 0 Å². The minimum atomic E-state index is -0.183. The highest BCUT2D eigenvalue weighted by Gasteiger charge is 2.42. The maximum atomic E-state index is 13.4. The van der Waals surface area contributed by atoms with Crippen LogP contribution in [0, 0.1) is 13.8 Å². The first-order chi connectivity index (χ1) is 14.0. The fourth-order valence-corrected chi connectivity index (χ4v) is 4.36. The molecule has 0 N–H and O–H groups in total. The van der Waals surface area contributed by atoms with Gasteiger partial charge in [-0.15, -0.1) is 0 Å². The van der Waals surface area contributed by atoms with Crippen LogP contribution in [0.25, 0.3) is 5.57 Å². The van der Waals surface area contributed by atoms with E-state index in [0.717, 1.165) is 48.2 Å². The van der Waals surface area contributed by atoms with Crippen molar-refractivity contribution in [1.82, 2.24) is 9.80 Å². The molecule has 0 bridgehead atoms. The van der Waals surface area contributed by atoms with Crippen molar-refractivity contribution in [2.24, 2.45) is 0 Å². The van der Waals surface area contributed by atoms with Gasteiger partial charge in [0.15, 0.2) is 0 Å². The number of halogens is 1. The first-order valence-electron chi connectivity index (χ1n) is 10.1. The number of benzene rings is 2. The van der Waals surface area contributed by atoms with Gasteiger partial charge < -0.3 is 4.90 Å². The third-order valence-corrected chi connectivity index (χ3v) is 6.01. The number of amides is 2. The molecule has 0 saturated carbocycles. The molecule has 0 radical (unpaired) electrons. The van der Waals surface area contributed by atoms with E-state index < -0.39 is 0 Å². The van der Waals surface area contributed by atoms with E-state index in [-0.39, 0.29) is 11.8 Å². The lowest BCUT2D eigenvalue weighted by atomic mass is 9.97. The summed E-state index contributed by atoms with van der Waals surface area (Å²) in [4.78, 5) is 30.2. The molecule has 0 spiro atoms. The molecular weight excluding hydrogens is 384 g/mol. The lowest BCUT2D eigenvalue weighted by Gasteiger charge is -2.20. The van der Waals surface area contributed by atoms with Gasteiger partial charge in [-0.25, -0.2) is 0 Å². The van der Waals surface area contributed by atoms with Crippen molar-refractivity contribution in [2.75, 3.05) is 19.6 Å². The van der Waals surface area contributed by atoms with Gasteiger partial charge in [-0.2, -0.15) is 0 Å². The molecule has 2 aliphatic rings. The standard InChI is InChI=1S/C24H25ClN2O2/c1-16-5-10-20(17(2)15-16)21-22(26-12-3-4-13-26)24(29)27(23(21)28)14-11-18-6-8-19(25)9-7-18/h5-10,15H,3-4,11-14H2,1-2H3. The van der Waals surface area contributed by atoms with Crippen LogP contribution >= 0.6 is 11.6 Å². The van der Waals surface area contributed by atoms with Crippen molar-refractivity contribution in [3.63, 3.8) is 0 Å². The highest BCUT2D eigenvalue weighted by atomic mass is 35.5. The summed E-state index contributed by atoms with van der Waals surface area (Å²) >= 11 is 5.96. The maximum Gasteiger partial charge on any atom is 0.277 e. The smallest absolute Gasteiger partial charge is 0.277 e. The number of likely N-dealkylation sites (tertiary alicyclic amines) is 1. The predicted molar refractivity (Wildman–Crippen MR) is 116 cm³/mol. The Morgan fingerprint density at radius 3 is 2.28 bits per heavy atom. The zero-order valence-electron chi connectivity index (χ0n) is 16.9. The number of aryl methyl sites for hydroxylation is 2. The Morgan fingerprint density at radius 1 is 0.931 bits per heavy atom. The minimum absolute atomic E-state index is 0.166. The summed E-state index contributed by atoms with van der Waals surface area (Å²) in [5.74, 6) is -0.348. The number of carbonyl (C=O) groups excluding carboxylic acids is 2. The van der Waals surface area contributed by atoms with E-state index >= 15 is 0 Å². The van der Waals surface area contributed by atoms with E-state index in [0.29, 0.717) is 29.3 Å². The number of hydrogen-bond donors (Lipinski definition) is 0. The van der Waals surface area contributed by atoms with E-state index in [1.807, 2.05) is 50.2 Å². The molecule has 2 aliphatic heterocycles. The molecule has 29 heavy (non-hydrogen) atoms. The molecule has 0 aromatic heterocycles. The van der Waals surface area contributed by atoms with Crippen LogP contribution in [0.2, 0.25) is 5.02 Å². The SMILES string of the molecule is Cc1ccc(C2=C(N3CCCC3)C(=O)N(CCc3ccc(Cl)cc3)C2=O)c(C)c1. The summed E-state index contributed by atoms with van der Waals surface area (Å²) < 4.78 is 0. The van der Waals surface area contributed by atoms with E-state index in [2.05, 4.69) is 11.0 Å². The third-order valence-electron chi connectivity index (χ3n) is 5.75. The zero-order valence-corrected chi connectivity index (χ0v) is 17.6. The Bertz CT molecular complexity index is 988. The molecule has 0 aliphatic carbocycles. The molecule has 5 heteroatoms. The van der Waals surface area contributed by atoms with Gasteiger partial charge in [0, 0.05) is 24.7 Å². The molecule has 1 saturated heterocycles. The molecule has 4 rings (SSSR count). The zero-order chi connectivity index (χ0) is 20.5. The highest BCUT2D eigenvalue weighted by molar-refractivity contribution is 6.35. The van der Waals surface area contributed by atoms with Gasteiger partial charge >= 0.3 is 0 Å². The first kappa shape index (κ1) is 19.7. The highest BCUT2D eigenvalue weighted by Crippen LogP contribution is 2.35. The number of imide groups is 1. The molecule has 0 atom stereocenters. The second-order valence-electron chi connectivity index (χ2n) is 7.87. The van der Waals surface area contributed by atoms with E-state index in [1.165, 1.54) is 4.90 Å². The first-order valence-corrected chi connectivity index (χ1v) is 10.5. The Labute approximate surface area is 176 Å². The molecule has 150 valence electrons. The number of rotatable bonds is 5. The molecule has 2 aromatic rings. The summed E-state index contributed by atoms with van der Waals surface area (Å²) in [7, 11) is 0. The predicted octanol–water partition coefficient (Wildman–Crippen LogP) is 4.38. The maximum absolute atomic E-state index is 13.4. The topological polar surface area (TPSA) is 40.6 Å². The van der Waals surface area contributed by atoms with Gasteiger partial charge in [-0.05, 0) is 61.9 Å². The van der Waals surface area contributed by atoms with Gasteiger partial charge in [0.1, 0.15) is 5.70 Å². The average molecular weight is 409 g/mol. The summed E-state index contributed by atoms with van der Waals surface area (Å²) in [5.41, 5.74) is 5.23. The van der Waals surface area contributed by atoms with Crippen LogP contribution in [-0.2, 0) is 16.0 Å². The molecule has 1 fully saturated rings. The Balaban J connectivity index is 1.66. The average Bonchev–Trinajstić information content (AvgIpc) is 3.29. The monoisotopic (exact) mass is 408 g/mol. The lowest BCUT2D eigenvalue weighted by Crippen LogP contribution is -2.36. The molecule has 0 unspecified atom stereocenters. The van der Waals surface area contributed by atoms with E-state index in [9.17, 15) is 9.59 Å². The molecule has 4 nitrogen and oxygen atoms in total. The van der Waals surface area contributed by atoms with Crippen molar-refractivity contribution in [3.05, 3.63) is 75.4 Å². The fourth-order valence-electron chi connectivity index (χ4n) is 4.23. The van der Waals surface area contributed by atoms with Crippen LogP contribution in [0.4, 0.5) is 0 Å². The van der Waals surface area contributed by atoms with Crippen LogP contribution in [0.5, 0.6) is 0 Å². The second kappa shape index (κ2) is 8.03.